The second-order valence-corrected chi connectivity index (χ2v) is 6.67. The van der Waals surface area contributed by atoms with Crippen molar-refractivity contribution in [3.8, 4) is 0 Å². The van der Waals surface area contributed by atoms with Crippen molar-refractivity contribution in [2.24, 2.45) is 11.3 Å². The van der Waals surface area contributed by atoms with Crippen molar-refractivity contribution >= 4 is 23.7 Å². The summed E-state index contributed by atoms with van der Waals surface area (Å²) in [5.41, 5.74) is -0.314. The molecule has 21 heavy (non-hydrogen) atoms. The second kappa shape index (κ2) is 9.87. The third-order valence-electron chi connectivity index (χ3n) is 3.46. The van der Waals surface area contributed by atoms with Crippen LogP contribution in [0.3, 0.4) is 0 Å². The van der Waals surface area contributed by atoms with E-state index in [1.807, 2.05) is 13.8 Å². The number of hydrogen-bond donors (Lipinski definition) is 2. The van der Waals surface area contributed by atoms with E-state index in [0.29, 0.717) is 6.54 Å². The van der Waals surface area contributed by atoms with E-state index in [9.17, 15) is 4.79 Å². The van der Waals surface area contributed by atoms with E-state index in [-0.39, 0.29) is 11.3 Å². The highest BCUT2D eigenvalue weighted by Gasteiger charge is 2.27. The van der Waals surface area contributed by atoms with Crippen LogP contribution < -0.4 is 5.32 Å². The lowest BCUT2D eigenvalue weighted by Crippen LogP contribution is -2.38. The Kier molecular flexibility index (Phi) is 9.42. The number of carboxylic acids is 1. The van der Waals surface area contributed by atoms with Crippen LogP contribution in [0.1, 0.15) is 59.8 Å². The number of ether oxygens (including phenoxy) is 1. The summed E-state index contributed by atoms with van der Waals surface area (Å²) < 4.78 is 5.06. The number of alkyl halides is 1. The molecule has 1 fully saturated rings. The molecule has 6 heteroatoms. The Morgan fingerprint density at radius 3 is 2.19 bits per heavy atom. The van der Waals surface area contributed by atoms with Crippen molar-refractivity contribution in [1.82, 2.24) is 5.32 Å². The third kappa shape index (κ3) is 10.4. The predicted octanol–water partition coefficient (Wildman–Crippen LogP) is 3.99. The molecular weight excluding hydrogens is 294 g/mol. The van der Waals surface area contributed by atoms with Gasteiger partial charge in [0.2, 0.25) is 0 Å². The van der Waals surface area contributed by atoms with Crippen molar-refractivity contribution in [3.05, 3.63) is 0 Å². The molecule has 1 amide bonds. The van der Waals surface area contributed by atoms with Crippen LogP contribution in [0, 0.1) is 11.3 Å². The van der Waals surface area contributed by atoms with E-state index >= 15 is 0 Å². The molecule has 1 rings (SSSR count). The highest BCUT2D eigenvalue weighted by Crippen LogP contribution is 2.34. The second-order valence-electron chi connectivity index (χ2n) is 6.24. The predicted molar refractivity (Wildman–Crippen MR) is 83.5 cm³/mol. The summed E-state index contributed by atoms with van der Waals surface area (Å²) in [4.78, 5) is 20.5. The minimum absolute atomic E-state index is 0.132. The summed E-state index contributed by atoms with van der Waals surface area (Å²) in [5.74, 6) is -0.701. The Bertz CT molecular complexity index is 324. The number of hydrogen-bond acceptors (Lipinski definition) is 3. The van der Waals surface area contributed by atoms with Gasteiger partial charge in [-0.25, -0.2) is 4.79 Å². The standard InChI is InChI=1S/C13H24ClNO2.C2H4O2/c1-10(2)11(14)17-12(16)15-9-13(3)7-5-4-6-8-13;1-2(3)4/h10-11H,4-9H2,1-3H3,(H,15,16);1H3,(H,3,4). The van der Waals surface area contributed by atoms with Crippen LogP contribution in [0.15, 0.2) is 0 Å². The molecule has 0 aliphatic heterocycles. The van der Waals surface area contributed by atoms with Crippen LogP contribution in [-0.4, -0.2) is 29.3 Å². The van der Waals surface area contributed by atoms with Gasteiger partial charge >= 0.3 is 6.09 Å². The largest absolute Gasteiger partial charge is 0.481 e. The molecule has 0 bridgehead atoms. The SMILES string of the molecule is CC(=O)O.CC(C)C(Cl)OC(=O)NCC1(C)CCCCC1. The van der Waals surface area contributed by atoms with Crippen molar-refractivity contribution in [1.29, 1.82) is 0 Å². The number of rotatable bonds is 4. The quantitative estimate of drug-likeness (QED) is 0.767. The monoisotopic (exact) mass is 321 g/mol. The van der Waals surface area contributed by atoms with Gasteiger partial charge in [-0.05, 0) is 18.3 Å². The molecule has 0 aromatic heterocycles. The molecule has 0 aromatic rings. The molecule has 1 aliphatic rings. The number of carbonyl (C=O) groups excluding carboxylic acids is 1. The molecule has 2 N–H and O–H groups in total. The van der Waals surface area contributed by atoms with Gasteiger partial charge < -0.3 is 15.2 Å². The molecule has 1 saturated carbocycles. The highest BCUT2D eigenvalue weighted by molar-refractivity contribution is 6.20. The van der Waals surface area contributed by atoms with Crippen molar-refractivity contribution in [2.45, 2.75) is 65.4 Å². The first-order valence-electron chi connectivity index (χ1n) is 7.44. The number of halogens is 1. The van der Waals surface area contributed by atoms with E-state index in [0.717, 1.165) is 6.92 Å². The van der Waals surface area contributed by atoms with Gasteiger partial charge in [0.1, 0.15) is 0 Å². The van der Waals surface area contributed by atoms with E-state index < -0.39 is 17.6 Å². The topological polar surface area (TPSA) is 75.6 Å². The molecule has 124 valence electrons. The maximum absolute atomic E-state index is 11.5. The lowest BCUT2D eigenvalue weighted by molar-refractivity contribution is -0.134. The highest BCUT2D eigenvalue weighted by atomic mass is 35.5. The van der Waals surface area contributed by atoms with Crippen LogP contribution >= 0.6 is 11.6 Å². The molecule has 0 spiro atoms. The summed E-state index contributed by atoms with van der Waals surface area (Å²) in [5, 5.41) is 10.2. The van der Waals surface area contributed by atoms with Gasteiger partial charge in [-0.15, -0.1) is 0 Å². The molecule has 1 unspecified atom stereocenters. The lowest BCUT2D eigenvalue weighted by Gasteiger charge is -2.33. The number of amides is 1. The zero-order valence-electron chi connectivity index (χ0n) is 13.4. The number of nitrogens with one attached hydrogen (secondary N) is 1. The van der Waals surface area contributed by atoms with Gasteiger partial charge in [0, 0.05) is 19.4 Å². The molecule has 1 atom stereocenters. The lowest BCUT2D eigenvalue weighted by atomic mass is 9.76. The summed E-state index contributed by atoms with van der Waals surface area (Å²) in [6, 6.07) is 0. The van der Waals surface area contributed by atoms with Gasteiger partial charge in [0.25, 0.3) is 5.97 Å². The Morgan fingerprint density at radius 1 is 1.29 bits per heavy atom. The van der Waals surface area contributed by atoms with Crippen LogP contribution in [0.5, 0.6) is 0 Å². The van der Waals surface area contributed by atoms with Gasteiger partial charge in [0.15, 0.2) is 5.56 Å². The fraction of sp³-hybridized carbons (Fsp3) is 0.867. The first kappa shape index (κ1) is 20.0. The summed E-state index contributed by atoms with van der Waals surface area (Å²) in [6.45, 7) is 7.85. The summed E-state index contributed by atoms with van der Waals surface area (Å²) in [7, 11) is 0. The fourth-order valence-electron chi connectivity index (χ4n) is 2.15. The minimum atomic E-state index is -0.833. The smallest absolute Gasteiger partial charge is 0.408 e. The number of carbonyl (C=O) groups is 2. The van der Waals surface area contributed by atoms with Gasteiger partial charge in [-0.1, -0.05) is 51.6 Å². The Hall–Kier alpha value is -0.970. The maximum Gasteiger partial charge on any atom is 0.408 e. The van der Waals surface area contributed by atoms with E-state index in [2.05, 4.69) is 12.2 Å². The Balaban J connectivity index is 0.000000885. The number of aliphatic carboxylic acids is 1. The molecule has 1 aliphatic carbocycles. The summed E-state index contributed by atoms with van der Waals surface area (Å²) in [6.07, 6.45) is 5.81. The van der Waals surface area contributed by atoms with Crippen molar-refractivity contribution < 1.29 is 19.4 Å². The summed E-state index contributed by atoms with van der Waals surface area (Å²) >= 11 is 5.88. The normalized spacial score (nSPS) is 18.2. The van der Waals surface area contributed by atoms with Gasteiger partial charge in [-0.2, -0.15) is 0 Å². The minimum Gasteiger partial charge on any atom is -0.481 e. The molecular formula is C15H28ClNO4. The van der Waals surface area contributed by atoms with Crippen molar-refractivity contribution in [3.63, 3.8) is 0 Å². The zero-order chi connectivity index (χ0) is 16.5. The van der Waals surface area contributed by atoms with E-state index in [4.69, 9.17) is 26.2 Å². The van der Waals surface area contributed by atoms with Crippen LogP contribution in [0.25, 0.3) is 0 Å². The van der Waals surface area contributed by atoms with Crippen LogP contribution in [0.4, 0.5) is 4.79 Å². The Morgan fingerprint density at radius 2 is 1.76 bits per heavy atom. The molecule has 0 radical (unpaired) electrons. The van der Waals surface area contributed by atoms with E-state index in [1.54, 1.807) is 0 Å². The average molecular weight is 322 g/mol. The first-order valence-corrected chi connectivity index (χ1v) is 7.88. The van der Waals surface area contributed by atoms with Crippen LogP contribution in [0.2, 0.25) is 0 Å². The van der Waals surface area contributed by atoms with Gasteiger partial charge in [0.05, 0.1) is 0 Å². The zero-order valence-corrected chi connectivity index (χ0v) is 14.2. The van der Waals surface area contributed by atoms with E-state index in [1.165, 1.54) is 32.1 Å². The molecule has 0 aromatic carbocycles. The maximum atomic E-state index is 11.5. The fourth-order valence-corrected chi connectivity index (χ4v) is 2.23. The first-order chi connectivity index (χ1) is 9.66. The third-order valence-corrected chi connectivity index (χ3v) is 4.06. The van der Waals surface area contributed by atoms with Crippen LogP contribution in [-0.2, 0) is 9.53 Å². The average Bonchev–Trinajstić information content (AvgIpc) is 2.36. The van der Waals surface area contributed by atoms with Crippen molar-refractivity contribution in [2.75, 3.05) is 6.54 Å². The molecule has 5 nitrogen and oxygen atoms in total. The number of carboxylic acid groups (broad SMARTS) is 1. The number of alkyl carbamates (subject to hydrolysis) is 1. The van der Waals surface area contributed by atoms with Gasteiger partial charge in [-0.3, -0.25) is 4.79 Å². The molecule has 0 saturated heterocycles. The Labute approximate surface area is 132 Å². The molecule has 0 heterocycles.